The summed E-state index contributed by atoms with van der Waals surface area (Å²) >= 11 is 0. The van der Waals surface area contributed by atoms with Gasteiger partial charge in [-0.25, -0.2) is 0 Å². The quantitative estimate of drug-likeness (QED) is 0.535. The van der Waals surface area contributed by atoms with Gasteiger partial charge in [-0.3, -0.25) is 0 Å². The highest BCUT2D eigenvalue weighted by molar-refractivity contribution is 6.77. The predicted molar refractivity (Wildman–Crippen MR) is 77.8 cm³/mol. The van der Waals surface area contributed by atoms with Gasteiger partial charge in [0, 0.05) is 0 Å². The molecule has 2 atom stereocenters. The third kappa shape index (κ3) is 3.99. The molecule has 0 heterocycles. The standard InChI is InChI=1S/C15H22OSi/c1-6-14(13-11-9-8-10-12-13)16-15(7-2)17(3,4)5/h6-12,14-15H,1-2H2,3-5H3. The van der Waals surface area contributed by atoms with Crippen LogP contribution >= 0.6 is 0 Å². The SMILES string of the molecule is C=CC(OC(C=C)[Si](C)(C)C)c1ccccc1. The molecule has 0 saturated carbocycles. The van der Waals surface area contributed by atoms with Gasteiger partial charge in [0.1, 0.15) is 6.10 Å². The van der Waals surface area contributed by atoms with Crippen molar-refractivity contribution in [3.05, 3.63) is 61.2 Å². The van der Waals surface area contributed by atoms with Gasteiger partial charge in [0.15, 0.2) is 0 Å². The van der Waals surface area contributed by atoms with Crippen LogP contribution in [0.4, 0.5) is 0 Å². The normalized spacial score (nSPS) is 15.0. The van der Waals surface area contributed by atoms with Crippen LogP contribution in [0.15, 0.2) is 55.6 Å². The fourth-order valence-electron chi connectivity index (χ4n) is 1.68. The van der Waals surface area contributed by atoms with Crippen molar-refractivity contribution in [2.45, 2.75) is 31.5 Å². The van der Waals surface area contributed by atoms with E-state index in [9.17, 15) is 0 Å². The van der Waals surface area contributed by atoms with Crippen molar-refractivity contribution in [3.8, 4) is 0 Å². The lowest BCUT2D eigenvalue weighted by atomic mass is 10.1. The van der Waals surface area contributed by atoms with E-state index < -0.39 is 8.07 Å². The van der Waals surface area contributed by atoms with Crippen LogP contribution in [-0.4, -0.2) is 13.8 Å². The minimum Gasteiger partial charge on any atom is -0.366 e. The van der Waals surface area contributed by atoms with Gasteiger partial charge in [0.25, 0.3) is 0 Å². The van der Waals surface area contributed by atoms with Crippen LogP contribution in [0.5, 0.6) is 0 Å². The molecule has 0 spiro atoms. The Balaban J connectivity index is 2.84. The molecular weight excluding hydrogens is 224 g/mol. The maximum Gasteiger partial charge on any atom is 0.101 e. The molecule has 0 aliphatic carbocycles. The van der Waals surface area contributed by atoms with Crippen LogP contribution < -0.4 is 0 Å². The molecule has 0 amide bonds. The van der Waals surface area contributed by atoms with Crippen LogP contribution in [0.25, 0.3) is 0 Å². The Morgan fingerprint density at radius 1 is 1.06 bits per heavy atom. The Labute approximate surface area is 106 Å². The molecule has 0 saturated heterocycles. The van der Waals surface area contributed by atoms with E-state index in [0.29, 0.717) is 0 Å². The fourth-order valence-corrected chi connectivity index (χ4v) is 2.95. The highest BCUT2D eigenvalue weighted by atomic mass is 28.3. The number of rotatable bonds is 6. The van der Waals surface area contributed by atoms with Crippen LogP contribution in [-0.2, 0) is 4.74 Å². The van der Waals surface area contributed by atoms with E-state index in [2.05, 4.69) is 44.9 Å². The van der Waals surface area contributed by atoms with E-state index in [-0.39, 0.29) is 11.8 Å². The third-order valence-corrected chi connectivity index (χ3v) is 4.78. The summed E-state index contributed by atoms with van der Waals surface area (Å²) in [6, 6.07) is 10.2. The largest absolute Gasteiger partial charge is 0.366 e. The topological polar surface area (TPSA) is 9.23 Å². The van der Waals surface area contributed by atoms with Crippen LogP contribution in [0.3, 0.4) is 0 Å². The summed E-state index contributed by atoms with van der Waals surface area (Å²) in [5, 5.41) is 0. The average Bonchev–Trinajstić information content (AvgIpc) is 2.30. The van der Waals surface area contributed by atoms with E-state index in [1.54, 1.807) is 0 Å². The summed E-state index contributed by atoms with van der Waals surface area (Å²) in [5.74, 6) is 0. The Morgan fingerprint density at radius 3 is 2.06 bits per heavy atom. The summed E-state index contributed by atoms with van der Waals surface area (Å²) in [6.45, 7) is 14.6. The van der Waals surface area contributed by atoms with Crippen molar-refractivity contribution in [2.24, 2.45) is 0 Å². The molecule has 2 unspecified atom stereocenters. The van der Waals surface area contributed by atoms with Gasteiger partial charge in [-0.1, -0.05) is 62.1 Å². The molecule has 92 valence electrons. The summed E-state index contributed by atoms with van der Waals surface area (Å²) in [7, 11) is -1.39. The minimum absolute atomic E-state index is 0.0501. The van der Waals surface area contributed by atoms with Crippen molar-refractivity contribution in [1.82, 2.24) is 0 Å². The molecule has 0 fully saturated rings. The molecule has 0 radical (unpaired) electrons. The zero-order chi connectivity index (χ0) is 12.9. The van der Waals surface area contributed by atoms with Gasteiger partial charge in [0.2, 0.25) is 0 Å². The monoisotopic (exact) mass is 246 g/mol. The Kier molecular flexibility index (Phi) is 4.91. The van der Waals surface area contributed by atoms with Crippen molar-refractivity contribution in [3.63, 3.8) is 0 Å². The second-order valence-corrected chi connectivity index (χ2v) is 10.5. The van der Waals surface area contributed by atoms with Gasteiger partial charge in [0.05, 0.1) is 13.8 Å². The van der Waals surface area contributed by atoms with Crippen LogP contribution in [0, 0.1) is 0 Å². The predicted octanol–water partition coefficient (Wildman–Crippen LogP) is 4.36. The zero-order valence-electron chi connectivity index (χ0n) is 11.0. The van der Waals surface area contributed by atoms with Crippen molar-refractivity contribution in [1.29, 1.82) is 0 Å². The average molecular weight is 246 g/mol. The lowest BCUT2D eigenvalue weighted by Crippen LogP contribution is -2.39. The molecule has 0 bridgehead atoms. The summed E-state index contributed by atoms with van der Waals surface area (Å²) in [5.41, 5.74) is 1.29. The van der Waals surface area contributed by atoms with E-state index in [1.165, 1.54) is 0 Å². The first kappa shape index (κ1) is 13.9. The summed E-state index contributed by atoms with van der Waals surface area (Å²) < 4.78 is 6.13. The lowest BCUT2D eigenvalue weighted by Gasteiger charge is -2.29. The number of benzene rings is 1. The van der Waals surface area contributed by atoms with Crippen LogP contribution in [0.2, 0.25) is 19.6 Å². The first-order chi connectivity index (χ1) is 7.99. The molecule has 0 aromatic heterocycles. The maximum absolute atomic E-state index is 6.13. The molecule has 1 nitrogen and oxygen atoms in total. The smallest absolute Gasteiger partial charge is 0.101 e. The third-order valence-electron chi connectivity index (χ3n) is 2.70. The summed E-state index contributed by atoms with van der Waals surface area (Å²) in [4.78, 5) is 0. The molecule has 17 heavy (non-hydrogen) atoms. The number of hydrogen-bond donors (Lipinski definition) is 0. The molecule has 0 aliphatic rings. The van der Waals surface area contributed by atoms with Gasteiger partial charge in [-0.15, -0.1) is 13.2 Å². The lowest BCUT2D eigenvalue weighted by molar-refractivity contribution is 0.0795. The number of hydrogen-bond acceptors (Lipinski definition) is 1. The van der Waals surface area contributed by atoms with Gasteiger partial charge in [-0.05, 0) is 5.56 Å². The maximum atomic E-state index is 6.13. The molecule has 0 aliphatic heterocycles. The zero-order valence-corrected chi connectivity index (χ0v) is 12.0. The molecular formula is C15H22OSi. The van der Waals surface area contributed by atoms with E-state index in [4.69, 9.17) is 4.74 Å². The van der Waals surface area contributed by atoms with E-state index in [0.717, 1.165) is 5.56 Å². The second kappa shape index (κ2) is 5.99. The van der Waals surface area contributed by atoms with Gasteiger partial charge < -0.3 is 4.74 Å². The van der Waals surface area contributed by atoms with E-state index in [1.807, 2.05) is 30.4 Å². The van der Waals surface area contributed by atoms with Gasteiger partial charge in [-0.2, -0.15) is 0 Å². The Bertz CT molecular complexity index is 364. The minimum atomic E-state index is -1.39. The highest BCUT2D eigenvalue weighted by Crippen LogP contribution is 2.24. The highest BCUT2D eigenvalue weighted by Gasteiger charge is 2.27. The fraction of sp³-hybridized carbons (Fsp3) is 0.333. The Morgan fingerprint density at radius 2 is 1.65 bits per heavy atom. The molecule has 0 N–H and O–H groups in total. The van der Waals surface area contributed by atoms with Crippen molar-refractivity contribution < 1.29 is 4.74 Å². The molecule has 1 aromatic rings. The van der Waals surface area contributed by atoms with Crippen LogP contribution in [0.1, 0.15) is 11.7 Å². The van der Waals surface area contributed by atoms with Gasteiger partial charge >= 0.3 is 0 Å². The first-order valence-electron chi connectivity index (χ1n) is 5.94. The molecule has 1 rings (SSSR count). The van der Waals surface area contributed by atoms with Crippen molar-refractivity contribution in [2.75, 3.05) is 0 Å². The first-order valence-corrected chi connectivity index (χ1v) is 9.52. The van der Waals surface area contributed by atoms with E-state index >= 15 is 0 Å². The second-order valence-electron chi connectivity index (χ2n) is 5.23. The molecule has 1 aromatic carbocycles. The Hall–Kier alpha value is -1.12. The summed E-state index contributed by atoms with van der Waals surface area (Å²) in [6.07, 6.45) is 3.73. The van der Waals surface area contributed by atoms with Crippen molar-refractivity contribution >= 4 is 8.07 Å². The molecule has 2 heteroatoms. The number of ether oxygens (including phenoxy) is 1.